The van der Waals surface area contributed by atoms with Gasteiger partial charge in [-0.3, -0.25) is 0 Å². The van der Waals surface area contributed by atoms with Crippen LogP contribution in [0.2, 0.25) is 0 Å². The van der Waals surface area contributed by atoms with E-state index in [1.807, 2.05) is 0 Å². The smallest absolute Gasteiger partial charge is 0.388 e. The molecule has 1 aliphatic heterocycles. The maximum absolute atomic E-state index is 13.0. The second-order valence-electron chi connectivity index (χ2n) is 5.21. The molecular formula is C14H18F3NO2. The summed E-state index contributed by atoms with van der Waals surface area (Å²) in [5.74, 6) is 0. The van der Waals surface area contributed by atoms with Crippen LogP contribution in [0.5, 0.6) is 0 Å². The Balaban J connectivity index is 2.40. The van der Waals surface area contributed by atoms with Gasteiger partial charge in [0.25, 0.3) is 0 Å². The summed E-state index contributed by atoms with van der Waals surface area (Å²) in [4.78, 5) is 0. The van der Waals surface area contributed by atoms with Gasteiger partial charge in [-0.25, -0.2) is 0 Å². The lowest BCUT2D eigenvalue weighted by Crippen LogP contribution is -2.44. The van der Waals surface area contributed by atoms with Crippen LogP contribution in [0.25, 0.3) is 0 Å². The average Bonchev–Trinajstić information content (AvgIpc) is 2.46. The van der Waals surface area contributed by atoms with Gasteiger partial charge in [0.2, 0.25) is 0 Å². The molecule has 1 saturated heterocycles. The van der Waals surface area contributed by atoms with Crippen molar-refractivity contribution in [3.05, 3.63) is 35.4 Å². The van der Waals surface area contributed by atoms with Crippen molar-refractivity contribution in [2.75, 3.05) is 19.8 Å². The lowest BCUT2D eigenvalue weighted by atomic mass is 9.74. The maximum atomic E-state index is 13.0. The average molecular weight is 289 g/mol. The van der Waals surface area contributed by atoms with E-state index >= 15 is 0 Å². The molecule has 0 spiro atoms. The van der Waals surface area contributed by atoms with Crippen LogP contribution in [-0.4, -0.2) is 24.9 Å². The predicted octanol–water partition coefficient (Wildman–Crippen LogP) is 2.49. The molecule has 1 aromatic carbocycles. The second-order valence-corrected chi connectivity index (χ2v) is 5.21. The lowest BCUT2D eigenvalue weighted by Gasteiger charge is -2.40. The summed E-state index contributed by atoms with van der Waals surface area (Å²) < 4.78 is 44.4. The molecule has 3 N–H and O–H groups in total. The highest BCUT2D eigenvalue weighted by Gasteiger charge is 2.43. The summed E-state index contributed by atoms with van der Waals surface area (Å²) in [6, 6.07) is 5.08. The summed E-state index contributed by atoms with van der Waals surface area (Å²) in [5.41, 5.74) is 3.92. The van der Waals surface area contributed by atoms with Crippen molar-refractivity contribution >= 4 is 0 Å². The van der Waals surface area contributed by atoms with Gasteiger partial charge < -0.3 is 15.6 Å². The Morgan fingerprint density at radius 2 is 2.05 bits per heavy atom. The molecule has 112 valence electrons. The number of halogens is 3. The number of hydrogen-bond donors (Lipinski definition) is 2. The van der Waals surface area contributed by atoms with Crippen LogP contribution in [0.15, 0.2) is 24.3 Å². The summed E-state index contributed by atoms with van der Waals surface area (Å²) in [5, 5.41) is 10.5. The Labute approximate surface area is 115 Å². The number of hydrogen-bond acceptors (Lipinski definition) is 3. The number of benzene rings is 1. The van der Waals surface area contributed by atoms with Crippen LogP contribution >= 0.6 is 0 Å². The first kappa shape index (κ1) is 15.3. The highest BCUT2D eigenvalue weighted by Crippen LogP contribution is 2.44. The van der Waals surface area contributed by atoms with Crippen molar-refractivity contribution in [1.82, 2.24) is 0 Å². The molecule has 20 heavy (non-hydrogen) atoms. The summed E-state index contributed by atoms with van der Waals surface area (Å²) in [7, 11) is 0. The van der Waals surface area contributed by atoms with Crippen LogP contribution in [0, 0.1) is 5.41 Å². The lowest BCUT2D eigenvalue weighted by molar-refractivity contribution is -0.141. The minimum Gasteiger partial charge on any atom is -0.388 e. The van der Waals surface area contributed by atoms with E-state index in [0.717, 1.165) is 6.07 Å². The van der Waals surface area contributed by atoms with Gasteiger partial charge in [0.15, 0.2) is 0 Å². The van der Waals surface area contributed by atoms with Crippen LogP contribution in [0.1, 0.15) is 30.1 Å². The molecule has 6 heteroatoms. The first-order valence-electron chi connectivity index (χ1n) is 6.53. The third-order valence-corrected chi connectivity index (χ3v) is 3.90. The van der Waals surface area contributed by atoms with Crippen molar-refractivity contribution in [3.63, 3.8) is 0 Å². The Bertz CT molecular complexity index is 456. The van der Waals surface area contributed by atoms with E-state index < -0.39 is 23.3 Å². The molecule has 0 radical (unpaired) electrons. The first-order valence-corrected chi connectivity index (χ1v) is 6.53. The molecule has 1 aromatic rings. The molecule has 1 heterocycles. The van der Waals surface area contributed by atoms with Gasteiger partial charge in [-0.1, -0.05) is 18.2 Å². The van der Waals surface area contributed by atoms with Crippen LogP contribution in [-0.2, 0) is 10.9 Å². The van der Waals surface area contributed by atoms with E-state index in [4.69, 9.17) is 10.5 Å². The van der Waals surface area contributed by atoms with E-state index in [2.05, 4.69) is 0 Å². The van der Waals surface area contributed by atoms with Gasteiger partial charge >= 0.3 is 6.18 Å². The van der Waals surface area contributed by atoms with Crippen molar-refractivity contribution in [3.8, 4) is 0 Å². The zero-order valence-corrected chi connectivity index (χ0v) is 11.0. The standard InChI is InChI=1S/C14H18F3NO2/c15-14(16,17)11-5-2-1-4-10(11)12(19)13(8-18)6-3-7-20-9-13/h1-2,4-5,12,19H,3,6-9,18H2. The normalized spacial score (nSPS) is 25.4. The zero-order chi connectivity index (χ0) is 14.8. The SMILES string of the molecule is NCC1(C(O)c2ccccc2C(F)(F)F)CCCOC1. The summed E-state index contributed by atoms with van der Waals surface area (Å²) >= 11 is 0. The van der Waals surface area contributed by atoms with Crippen LogP contribution in [0.4, 0.5) is 13.2 Å². The summed E-state index contributed by atoms with van der Waals surface area (Å²) in [6.45, 7) is 0.812. The third-order valence-electron chi connectivity index (χ3n) is 3.90. The Morgan fingerprint density at radius 3 is 2.60 bits per heavy atom. The van der Waals surface area contributed by atoms with Crippen LogP contribution < -0.4 is 5.73 Å². The Kier molecular flexibility index (Phi) is 4.36. The predicted molar refractivity (Wildman–Crippen MR) is 67.9 cm³/mol. The maximum Gasteiger partial charge on any atom is 0.416 e. The first-order chi connectivity index (χ1) is 9.41. The molecule has 0 saturated carbocycles. The largest absolute Gasteiger partial charge is 0.416 e. The monoisotopic (exact) mass is 289 g/mol. The van der Waals surface area contributed by atoms with E-state index in [1.165, 1.54) is 18.2 Å². The van der Waals surface area contributed by atoms with Crippen LogP contribution in [0.3, 0.4) is 0 Å². The second kappa shape index (κ2) is 5.71. The molecular weight excluding hydrogens is 271 g/mol. The highest BCUT2D eigenvalue weighted by molar-refractivity contribution is 5.33. The topological polar surface area (TPSA) is 55.5 Å². The Morgan fingerprint density at radius 1 is 1.35 bits per heavy atom. The van der Waals surface area contributed by atoms with Gasteiger partial charge in [-0.05, 0) is 24.5 Å². The summed E-state index contributed by atoms with van der Waals surface area (Å²) in [6.07, 6.45) is -4.55. The van der Waals surface area contributed by atoms with Gasteiger partial charge in [-0.2, -0.15) is 13.2 Å². The number of aliphatic hydroxyl groups excluding tert-OH is 1. The Hall–Kier alpha value is -1.11. The fourth-order valence-corrected chi connectivity index (χ4v) is 2.69. The van der Waals surface area contributed by atoms with E-state index in [1.54, 1.807) is 0 Å². The molecule has 0 bridgehead atoms. The van der Waals surface area contributed by atoms with Gasteiger partial charge in [0.05, 0.1) is 18.3 Å². The third kappa shape index (κ3) is 2.82. The number of nitrogens with two attached hydrogens (primary N) is 1. The minimum atomic E-state index is -4.50. The van der Waals surface area contributed by atoms with Crippen molar-refractivity contribution in [1.29, 1.82) is 0 Å². The molecule has 0 aliphatic carbocycles. The zero-order valence-electron chi connectivity index (χ0n) is 11.0. The number of ether oxygens (including phenoxy) is 1. The molecule has 2 atom stereocenters. The van der Waals surface area contributed by atoms with Crippen molar-refractivity contribution < 1.29 is 23.0 Å². The fourth-order valence-electron chi connectivity index (χ4n) is 2.69. The number of alkyl halides is 3. The molecule has 0 aromatic heterocycles. The van der Waals surface area contributed by atoms with E-state index in [9.17, 15) is 18.3 Å². The molecule has 2 unspecified atom stereocenters. The number of aliphatic hydroxyl groups is 1. The van der Waals surface area contributed by atoms with Gasteiger partial charge in [0.1, 0.15) is 0 Å². The van der Waals surface area contributed by atoms with E-state index in [0.29, 0.717) is 19.4 Å². The van der Waals surface area contributed by atoms with Crippen molar-refractivity contribution in [2.24, 2.45) is 11.1 Å². The quantitative estimate of drug-likeness (QED) is 0.899. The van der Waals surface area contributed by atoms with Gasteiger partial charge in [-0.15, -0.1) is 0 Å². The van der Waals surface area contributed by atoms with E-state index in [-0.39, 0.29) is 18.7 Å². The highest BCUT2D eigenvalue weighted by atomic mass is 19.4. The molecule has 1 fully saturated rings. The number of rotatable bonds is 3. The molecule has 2 rings (SSSR count). The minimum absolute atomic E-state index is 0.0837. The van der Waals surface area contributed by atoms with Gasteiger partial charge in [0, 0.05) is 18.6 Å². The van der Waals surface area contributed by atoms with Crippen molar-refractivity contribution in [2.45, 2.75) is 25.1 Å². The molecule has 3 nitrogen and oxygen atoms in total. The molecule has 0 amide bonds. The fraction of sp³-hybridized carbons (Fsp3) is 0.571. The molecule has 1 aliphatic rings.